The van der Waals surface area contributed by atoms with Gasteiger partial charge in [0.2, 0.25) is 5.91 Å². The van der Waals surface area contributed by atoms with Gasteiger partial charge in [0, 0.05) is 30.4 Å². The molecule has 1 aliphatic heterocycles. The van der Waals surface area contributed by atoms with Crippen LogP contribution in [-0.4, -0.2) is 38.7 Å². The molecule has 3 aromatic rings. The van der Waals surface area contributed by atoms with Gasteiger partial charge in [-0.3, -0.25) is 9.78 Å². The number of halogens is 1. The van der Waals surface area contributed by atoms with Crippen LogP contribution in [0, 0.1) is 25.6 Å². The predicted molar refractivity (Wildman–Crippen MR) is 109 cm³/mol. The lowest BCUT2D eigenvalue weighted by Gasteiger charge is -2.32. The first-order chi connectivity index (χ1) is 14.0. The van der Waals surface area contributed by atoms with Gasteiger partial charge in [-0.2, -0.15) is 5.10 Å². The fourth-order valence-corrected chi connectivity index (χ4v) is 3.61. The van der Waals surface area contributed by atoms with Crippen molar-refractivity contribution in [2.45, 2.75) is 26.7 Å². The minimum Gasteiger partial charge on any atom is -0.355 e. The fraction of sp³-hybridized carbons (Fsp3) is 0.333. The van der Waals surface area contributed by atoms with Crippen molar-refractivity contribution in [1.29, 1.82) is 0 Å². The molecule has 8 heteroatoms. The second-order valence-electron chi connectivity index (χ2n) is 7.33. The van der Waals surface area contributed by atoms with E-state index in [1.54, 1.807) is 29.2 Å². The molecule has 3 heterocycles. The lowest BCUT2D eigenvalue weighted by molar-refractivity contribution is -0.120. The number of hydrogen-bond donors (Lipinski definition) is 1. The molecule has 0 radical (unpaired) electrons. The number of piperidine rings is 1. The monoisotopic (exact) mass is 394 g/mol. The van der Waals surface area contributed by atoms with E-state index in [9.17, 15) is 9.18 Å². The summed E-state index contributed by atoms with van der Waals surface area (Å²) >= 11 is 0. The van der Waals surface area contributed by atoms with Gasteiger partial charge in [-0.05, 0) is 57.0 Å². The summed E-state index contributed by atoms with van der Waals surface area (Å²) in [6.07, 6.45) is 4.89. The van der Waals surface area contributed by atoms with Crippen molar-refractivity contribution in [3.63, 3.8) is 0 Å². The SMILES string of the molecule is Cc1cc(C)n(-c2cncc(N3CCC(C(=O)Nc4ccc(F)cc4)CC3)n2)n1. The van der Waals surface area contributed by atoms with Crippen LogP contribution < -0.4 is 10.2 Å². The number of carbonyl (C=O) groups is 1. The Labute approximate surface area is 168 Å². The van der Waals surface area contributed by atoms with E-state index >= 15 is 0 Å². The third kappa shape index (κ3) is 4.26. The zero-order valence-corrected chi connectivity index (χ0v) is 16.5. The van der Waals surface area contributed by atoms with Crippen LogP contribution >= 0.6 is 0 Å². The highest BCUT2D eigenvalue weighted by molar-refractivity contribution is 5.92. The zero-order chi connectivity index (χ0) is 20.4. The van der Waals surface area contributed by atoms with Crippen LogP contribution in [0.15, 0.2) is 42.7 Å². The maximum Gasteiger partial charge on any atom is 0.227 e. The molecule has 1 saturated heterocycles. The van der Waals surface area contributed by atoms with E-state index in [0.717, 1.165) is 43.1 Å². The average molecular weight is 394 g/mol. The van der Waals surface area contributed by atoms with Crippen molar-refractivity contribution in [3.8, 4) is 5.82 Å². The Morgan fingerprint density at radius 2 is 1.79 bits per heavy atom. The second-order valence-corrected chi connectivity index (χ2v) is 7.33. The molecule has 0 spiro atoms. The van der Waals surface area contributed by atoms with Crippen molar-refractivity contribution >= 4 is 17.4 Å². The first-order valence-corrected chi connectivity index (χ1v) is 9.66. The summed E-state index contributed by atoms with van der Waals surface area (Å²) in [6.45, 7) is 5.37. The Kier molecular flexibility index (Phi) is 5.24. The number of amides is 1. The minimum atomic E-state index is -0.319. The number of benzene rings is 1. The van der Waals surface area contributed by atoms with E-state index < -0.39 is 0 Å². The molecule has 1 amide bonds. The molecule has 0 unspecified atom stereocenters. The molecule has 0 atom stereocenters. The predicted octanol–water partition coefficient (Wildman–Crippen LogP) is 3.27. The molecule has 2 aromatic heterocycles. The third-order valence-corrected chi connectivity index (χ3v) is 5.14. The van der Waals surface area contributed by atoms with Crippen molar-refractivity contribution in [3.05, 3.63) is 59.9 Å². The van der Waals surface area contributed by atoms with E-state index in [-0.39, 0.29) is 17.6 Å². The van der Waals surface area contributed by atoms with Gasteiger partial charge < -0.3 is 10.2 Å². The summed E-state index contributed by atoms with van der Waals surface area (Å²) in [5, 5.41) is 7.34. The summed E-state index contributed by atoms with van der Waals surface area (Å²) in [6, 6.07) is 7.82. The molecule has 1 fully saturated rings. The Balaban J connectivity index is 1.39. The molecule has 1 N–H and O–H groups in total. The standard InChI is InChI=1S/C21H23FN6O/c1-14-11-15(2)28(26-14)20-13-23-12-19(25-20)27-9-7-16(8-10-27)21(29)24-18-5-3-17(22)4-6-18/h3-6,11-13,16H,7-10H2,1-2H3,(H,24,29). The highest BCUT2D eigenvalue weighted by Crippen LogP contribution is 2.24. The number of anilines is 2. The van der Waals surface area contributed by atoms with Gasteiger partial charge in [0.05, 0.1) is 18.1 Å². The Morgan fingerprint density at radius 3 is 2.45 bits per heavy atom. The highest BCUT2D eigenvalue weighted by atomic mass is 19.1. The molecule has 0 bridgehead atoms. The molecular weight excluding hydrogens is 371 g/mol. The maximum atomic E-state index is 13.0. The number of rotatable bonds is 4. The first-order valence-electron chi connectivity index (χ1n) is 9.66. The molecular formula is C21H23FN6O. The van der Waals surface area contributed by atoms with Gasteiger partial charge >= 0.3 is 0 Å². The Hall–Kier alpha value is -3.29. The molecule has 0 saturated carbocycles. The van der Waals surface area contributed by atoms with Crippen LogP contribution in [0.25, 0.3) is 5.82 Å². The van der Waals surface area contributed by atoms with Crippen LogP contribution in [0.1, 0.15) is 24.2 Å². The molecule has 7 nitrogen and oxygen atoms in total. The van der Waals surface area contributed by atoms with Crippen molar-refractivity contribution in [2.75, 3.05) is 23.3 Å². The van der Waals surface area contributed by atoms with Gasteiger partial charge in [0.1, 0.15) is 11.6 Å². The van der Waals surface area contributed by atoms with Crippen LogP contribution in [-0.2, 0) is 4.79 Å². The van der Waals surface area contributed by atoms with Gasteiger partial charge in [0.25, 0.3) is 0 Å². The topological polar surface area (TPSA) is 75.9 Å². The summed E-state index contributed by atoms with van der Waals surface area (Å²) in [7, 11) is 0. The fourth-order valence-electron chi connectivity index (χ4n) is 3.61. The number of hydrogen-bond acceptors (Lipinski definition) is 5. The normalized spacial score (nSPS) is 14.8. The van der Waals surface area contributed by atoms with E-state index in [1.807, 2.05) is 19.9 Å². The summed E-state index contributed by atoms with van der Waals surface area (Å²) in [4.78, 5) is 23.7. The number of nitrogens with zero attached hydrogens (tertiary/aromatic N) is 5. The first kappa shape index (κ1) is 19.0. The van der Waals surface area contributed by atoms with Gasteiger partial charge in [0.15, 0.2) is 5.82 Å². The van der Waals surface area contributed by atoms with Crippen molar-refractivity contribution < 1.29 is 9.18 Å². The molecule has 1 aromatic carbocycles. The zero-order valence-electron chi connectivity index (χ0n) is 16.5. The number of aromatic nitrogens is 4. The molecule has 1 aliphatic rings. The summed E-state index contributed by atoms with van der Waals surface area (Å²) in [5.41, 5.74) is 2.55. The van der Waals surface area contributed by atoms with E-state index in [2.05, 4.69) is 20.3 Å². The van der Waals surface area contributed by atoms with Gasteiger partial charge in [-0.15, -0.1) is 0 Å². The average Bonchev–Trinajstić information content (AvgIpc) is 3.08. The summed E-state index contributed by atoms with van der Waals surface area (Å²) in [5.74, 6) is 1.04. The van der Waals surface area contributed by atoms with Crippen LogP contribution in [0.2, 0.25) is 0 Å². The molecule has 4 rings (SSSR count). The molecule has 0 aliphatic carbocycles. The number of aryl methyl sites for hydroxylation is 2. The van der Waals surface area contributed by atoms with Crippen LogP contribution in [0.5, 0.6) is 0 Å². The third-order valence-electron chi connectivity index (χ3n) is 5.14. The van der Waals surface area contributed by atoms with Crippen LogP contribution in [0.3, 0.4) is 0 Å². The second kappa shape index (κ2) is 7.98. The Morgan fingerprint density at radius 1 is 1.10 bits per heavy atom. The van der Waals surface area contributed by atoms with E-state index in [1.165, 1.54) is 12.1 Å². The largest absolute Gasteiger partial charge is 0.355 e. The Bertz CT molecular complexity index is 1010. The van der Waals surface area contributed by atoms with Crippen LogP contribution in [0.4, 0.5) is 15.9 Å². The maximum absolute atomic E-state index is 13.0. The highest BCUT2D eigenvalue weighted by Gasteiger charge is 2.26. The smallest absolute Gasteiger partial charge is 0.227 e. The van der Waals surface area contributed by atoms with Crippen molar-refractivity contribution in [2.24, 2.45) is 5.92 Å². The van der Waals surface area contributed by atoms with Gasteiger partial charge in [-0.1, -0.05) is 0 Å². The molecule has 150 valence electrons. The van der Waals surface area contributed by atoms with Crippen molar-refractivity contribution in [1.82, 2.24) is 19.7 Å². The van der Waals surface area contributed by atoms with E-state index in [4.69, 9.17) is 4.98 Å². The number of carbonyl (C=O) groups excluding carboxylic acids is 1. The quantitative estimate of drug-likeness (QED) is 0.735. The van der Waals surface area contributed by atoms with Gasteiger partial charge in [-0.25, -0.2) is 14.1 Å². The number of nitrogens with one attached hydrogen (secondary N) is 1. The minimum absolute atomic E-state index is 0.0289. The summed E-state index contributed by atoms with van der Waals surface area (Å²) < 4.78 is 14.8. The van der Waals surface area contributed by atoms with E-state index in [0.29, 0.717) is 11.5 Å². The molecule has 29 heavy (non-hydrogen) atoms. The lowest BCUT2D eigenvalue weighted by atomic mass is 9.96. The lowest BCUT2D eigenvalue weighted by Crippen LogP contribution is -2.38.